The lowest BCUT2D eigenvalue weighted by molar-refractivity contribution is 0.171. The van der Waals surface area contributed by atoms with Crippen molar-refractivity contribution in [3.05, 3.63) is 40.1 Å². The predicted molar refractivity (Wildman–Crippen MR) is 83.6 cm³/mol. The number of ether oxygens (including phenoxy) is 2. The fourth-order valence-corrected chi connectivity index (χ4v) is 3.02. The lowest BCUT2D eigenvalue weighted by Gasteiger charge is -2.22. The van der Waals surface area contributed by atoms with Crippen LogP contribution in [-0.2, 0) is 13.6 Å². The zero-order valence-corrected chi connectivity index (χ0v) is 13.7. The first kappa shape index (κ1) is 14.4. The SMILES string of the molecule is CC(NCc1cnn(C)c1)c1cc2c(cc1Br)OCCO2. The summed E-state index contributed by atoms with van der Waals surface area (Å²) < 4.78 is 14.1. The summed E-state index contributed by atoms with van der Waals surface area (Å²) in [7, 11) is 1.92. The van der Waals surface area contributed by atoms with Crippen LogP contribution >= 0.6 is 15.9 Å². The Morgan fingerprint density at radius 1 is 1.33 bits per heavy atom. The number of nitrogens with zero attached hydrogens (tertiary/aromatic N) is 2. The molecule has 0 aliphatic carbocycles. The van der Waals surface area contributed by atoms with Gasteiger partial charge in [0.1, 0.15) is 13.2 Å². The summed E-state index contributed by atoms with van der Waals surface area (Å²) in [5.41, 5.74) is 2.32. The molecule has 2 aromatic rings. The van der Waals surface area contributed by atoms with Gasteiger partial charge in [0.25, 0.3) is 0 Å². The quantitative estimate of drug-likeness (QED) is 0.919. The maximum atomic E-state index is 5.65. The van der Waals surface area contributed by atoms with E-state index in [1.165, 1.54) is 0 Å². The first-order valence-corrected chi connectivity index (χ1v) is 7.73. The summed E-state index contributed by atoms with van der Waals surface area (Å²) in [6, 6.07) is 4.21. The molecule has 112 valence electrons. The van der Waals surface area contributed by atoms with E-state index in [2.05, 4.69) is 33.3 Å². The molecular formula is C15H18BrN3O2. The minimum absolute atomic E-state index is 0.190. The Kier molecular flexibility index (Phi) is 4.17. The molecular weight excluding hydrogens is 334 g/mol. The number of rotatable bonds is 4. The number of hydrogen-bond donors (Lipinski definition) is 1. The molecule has 5 nitrogen and oxygen atoms in total. The molecule has 1 N–H and O–H groups in total. The van der Waals surface area contributed by atoms with Crippen LogP contribution in [0.1, 0.15) is 24.1 Å². The predicted octanol–water partition coefficient (Wildman–Crippen LogP) is 2.80. The van der Waals surface area contributed by atoms with Crippen molar-refractivity contribution in [2.75, 3.05) is 13.2 Å². The topological polar surface area (TPSA) is 48.3 Å². The summed E-state index contributed by atoms with van der Waals surface area (Å²) >= 11 is 3.61. The third kappa shape index (κ3) is 3.22. The van der Waals surface area contributed by atoms with Crippen LogP contribution in [0.15, 0.2) is 29.0 Å². The molecule has 0 saturated heterocycles. The normalized spacial score (nSPS) is 15.0. The molecule has 1 aliphatic rings. The first-order chi connectivity index (χ1) is 10.1. The van der Waals surface area contributed by atoms with E-state index in [-0.39, 0.29) is 6.04 Å². The Balaban J connectivity index is 1.73. The Bertz CT molecular complexity index is 642. The molecule has 0 bridgehead atoms. The van der Waals surface area contributed by atoms with Crippen LogP contribution in [0.5, 0.6) is 11.5 Å². The maximum Gasteiger partial charge on any atom is 0.162 e. The van der Waals surface area contributed by atoms with Crippen molar-refractivity contribution in [3.63, 3.8) is 0 Å². The van der Waals surface area contributed by atoms with Crippen molar-refractivity contribution in [3.8, 4) is 11.5 Å². The van der Waals surface area contributed by atoms with Crippen molar-refractivity contribution < 1.29 is 9.47 Å². The second-order valence-electron chi connectivity index (χ2n) is 5.14. The Hall–Kier alpha value is -1.53. The van der Waals surface area contributed by atoms with E-state index < -0.39 is 0 Å². The zero-order chi connectivity index (χ0) is 14.8. The fourth-order valence-electron chi connectivity index (χ4n) is 2.36. The van der Waals surface area contributed by atoms with Gasteiger partial charge < -0.3 is 14.8 Å². The second kappa shape index (κ2) is 6.07. The van der Waals surface area contributed by atoms with Crippen molar-refractivity contribution in [2.45, 2.75) is 19.5 Å². The molecule has 1 aliphatic heterocycles. The zero-order valence-electron chi connectivity index (χ0n) is 12.1. The Morgan fingerprint density at radius 3 is 2.71 bits per heavy atom. The highest BCUT2D eigenvalue weighted by Gasteiger charge is 2.17. The van der Waals surface area contributed by atoms with E-state index in [0.717, 1.165) is 33.6 Å². The van der Waals surface area contributed by atoms with Crippen LogP contribution in [0.25, 0.3) is 0 Å². The molecule has 0 spiro atoms. The Morgan fingerprint density at radius 2 is 2.05 bits per heavy atom. The molecule has 0 fully saturated rings. The van der Waals surface area contributed by atoms with E-state index in [4.69, 9.17) is 9.47 Å². The number of hydrogen-bond acceptors (Lipinski definition) is 4. The van der Waals surface area contributed by atoms with Gasteiger partial charge in [0, 0.05) is 35.9 Å². The van der Waals surface area contributed by atoms with E-state index in [1.807, 2.05) is 36.3 Å². The summed E-state index contributed by atoms with van der Waals surface area (Å²) in [6.07, 6.45) is 3.89. The lowest BCUT2D eigenvalue weighted by atomic mass is 10.1. The third-order valence-electron chi connectivity index (χ3n) is 3.50. The van der Waals surface area contributed by atoms with Crippen LogP contribution < -0.4 is 14.8 Å². The van der Waals surface area contributed by atoms with Gasteiger partial charge in [-0.3, -0.25) is 4.68 Å². The molecule has 1 aromatic heterocycles. The molecule has 2 heterocycles. The van der Waals surface area contributed by atoms with Crippen LogP contribution in [0.4, 0.5) is 0 Å². The van der Waals surface area contributed by atoms with Crippen LogP contribution in [0.3, 0.4) is 0 Å². The number of aryl methyl sites for hydroxylation is 1. The average Bonchev–Trinajstić information content (AvgIpc) is 2.89. The lowest BCUT2D eigenvalue weighted by Crippen LogP contribution is -2.20. The Labute approximate surface area is 132 Å². The number of halogens is 1. The molecule has 1 atom stereocenters. The summed E-state index contributed by atoms with van der Waals surface area (Å²) in [5, 5.41) is 7.67. The van der Waals surface area contributed by atoms with Gasteiger partial charge in [0.15, 0.2) is 11.5 Å². The molecule has 3 rings (SSSR count). The molecule has 0 saturated carbocycles. The summed E-state index contributed by atoms with van der Waals surface area (Å²) in [5.74, 6) is 1.62. The number of benzene rings is 1. The van der Waals surface area contributed by atoms with Crippen LogP contribution in [-0.4, -0.2) is 23.0 Å². The van der Waals surface area contributed by atoms with Gasteiger partial charge in [0.05, 0.1) is 6.20 Å². The van der Waals surface area contributed by atoms with Crippen LogP contribution in [0.2, 0.25) is 0 Å². The van der Waals surface area contributed by atoms with Gasteiger partial charge in [-0.25, -0.2) is 0 Å². The minimum Gasteiger partial charge on any atom is -0.486 e. The van der Waals surface area contributed by atoms with Gasteiger partial charge in [-0.05, 0) is 24.6 Å². The minimum atomic E-state index is 0.190. The molecule has 0 radical (unpaired) electrons. The van der Waals surface area contributed by atoms with Crippen LogP contribution in [0, 0.1) is 0 Å². The largest absolute Gasteiger partial charge is 0.486 e. The van der Waals surface area contributed by atoms with Crippen molar-refractivity contribution in [1.29, 1.82) is 0 Å². The van der Waals surface area contributed by atoms with Crippen molar-refractivity contribution in [2.24, 2.45) is 7.05 Å². The number of aromatic nitrogens is 2. The van der Waals surface area contributed by atoms with Gasteiger partial charge in [-0.1, -0.05) is 15.9 Å². The molecule has 1 unspecified atom stereocenters. The highest BCUT2D eigenvalue weighted by atomic mass is 79.9. The second-order valence-corrected chi connectivity index (χ2v) is 6.00. The maximum absolute atomic E-state index is 5.65. The van der Waals surface area contributed by atoms with Gasteiger partial charge >= 0.3 is 0 Å². The highest BCUT2D eigenvalue weighted by Crippen LogP contribution is 2.37. The summed E-state index contributed by atoms with van der Waals surface area (Å²) in [6.45, 7) is 4.11. The van der Waals surface area contributed by atoms with Crippen molar-refractivity contribution >= 4 is 15.9 Å². The number of nitrogens with one attached hydrogen (secondary N) is 1. The monoisotopic (exact) mass is 351 g/mol. The van der Waals surface area contributed by atoms with E-state index in [0.29, 0.717) is 13.2 Å². The molecule has 0 amide bonds. The third-order valence-corrected chi connectivity index (χ3v) is 4.19. The smallest absolute Gasteiger partial charge is 0.162 e. The fraction of sp³-hybridized carbons (Fsp3) is 0.400. The van der Waals surface area contributed by atoms with Gasteiger partial charge in [0.2, 0.25) is 0 Å². The molecule has 21 heavy (non-hydrogen) atoms. The molecule has 1 aromatic carbocycles. The number of fused-ring (bicyclic) bond motifs is 1. The standard InChI is InChI=1S/C15H18BrN3O2/c1-10(17-7-11-8-18-19(2)9-11)12-5-14-15(6-13(12)16)21-4-3-20-14/h5-6,8-10,17H,3-4,7H2,1-2H3. The average molecular weight is 352 g/mol. The molecule has 6 heteroatoms. The first-order valence-electron chi connectivity index (χ1n) is 6.93. The summed E-state index contributed by atoms with van der Waals surface area (Å²) in [4.78, 5) is 0. The van der Waals surface area contributed by atoms with E-state index >= 15 is 0 Å². The van der Waals surface area contributed by atoms with Gasteiger partial charge in [-0.15, -0.1) is 0 Å². The highest BCUT2D eigenvalue weighted by molar-refractivity contribution is 9.10. The van der Waals surface area contributed by atoms with Crippen molar-refractivity contribution in [1.82, 2.24) is 15.1 Å². The van der Waals surface area contributed by atoms with E-state index in [9.17, 15) is 0 Å². The van der Waals surface area contributed by atoms with Gasteiger partial charge in [-0.2, -0.15) is 5.10 Å². The van der Waals surface area contributed by atoms with E-state index in [1.54, 1.807) is 0 Å².